The average Bonchev–Trinajstić information content (AvgIpc) is 2.81. The van der Waals surface area contributed by atoms with Gasteiger partial charge in [0.15, 0.2) is 11.5 Å². The highest BCUT2D eigenvalue weighted by atomic mass is 35.5. The van der Waals surface area contributed by atoms with Gasteiger partial charge in [0.2, 0.25) is 0 Å². The van der Waals surface area contributed by atoms with E-state index in [1.165, 1.54) is 19.2 Å². The summed E-state index contributed by atoms with van der Waals surface area (Å²) in [6.07, 6.45) is 4.37. The van der Waals surface area contributed by atoms with Gasteiger partial charge in [0.25, 0.3) is 0 Å². The summed E-state index contributed by atoms with van der Waals surface area (Å²) >= 11 is 6.00. The third kappa shape index (κ3) is 2.70. The number of rotatable bonds is 4. The number of hydrogen-bond acceptors (Lipinski definition) is 3. The summed E-state index contributed by atoms with van der Waals surface area (Å²) < 4.78 is 11.0. The van der Waals surface area contributed by atoms with Crippen molar-refractivity contribution in [1.82, 2.24) is 0 Å². The first kappa shape index (κ1) is 13.0. The Morgan fingerprint density at radius 1 is 1.39 bits per heavy atom. The van der Waals surface area contributed by atoms with Crippen LogP contribution in [0, 0.1) is 0 Å². The third-order valence-electron chi connectivity index (χ3n) is 3.06. The van der Waals surface area contributed by atoms with Crippen LogP contribution in [0.1, 0.15) is 36.0 Å². The van der Waals surface area contributed by atoms with Crippen LogP contribution in [0.5, 0.6) is 11.5 Å². The molecule has 0 spiro atoms. The van der Waals surface area contributed by atoms with Crippen LogP contribution in [0.2, 0.25) is 5.02 Å². The minimum atomic E-state index is -1.03. The van der Waals surface area contributed by atoms with E-state index in [9.17, 15) is 4.79 Å². The van der Waals surface area contributed by atoms with Crippen LogP contribution < -0.4 is 9.47 Å². The minimum Gasteiger partial charge on any atom is -0.491 e. The van der Waals surface area contributed by atoms with Gasteiger partial charge in [-0.3, -0.25) is 0 Å². The molecular formula is C13H15ClO4. The lowest BCUT2D eigenvalue weighted by Gasteiger charge is -2.17. The van der Waals surface area contributed by atoms with Crippen LogP contribution in [0.4, 0.5) is 0 Å². The van der Waals surface area contributed by atoms with Crippen LogP contribution >= 0.6 is 11.6 Å². The summed E-state index contributed by atoms with van der Waals surface area (Å²) in [7, 11) is 1.49. The smallest absolute Gasteiger partial charge is 0.335 e. The highest BCUT2D eigenvalue weighted by Gasteiger charge is 2.21. The fourth-order valence-electron chi connectivity index (χ4n) is 2.16. The monoisotopic (exact) mass is 270 g/mol. The van der Waals surface area contributed by atoms with Crippen molar-refractivity contribution in [1.29, 1.82) is 0 Å². The van der Waals surface area contributed by atoms with Crippen molar-refractivity contribution in [3.63, 3.8) is 0 Å². The van der Waals surface area contributed by atoms with Gasteiger partial charge in [0, 0.05) is 0 Å². The molecule has 1 aromatic rings. The Kier molecular flexibility index (Phi) is 3.97. The Balaban J connectivity index is 2.32. The number of ether oxygens (including phenoxy) is 2. The fraction of sp³-hybridized carbons (Fsp3) is 0.462. The first-order chi connectivity index (χ1) is 8.61. The molecule has 1 fully saturated rings. The Morgan fingerprint density at radius 2 is 2.06 bits per heavy atom. The quantitative estimate of drug-likeness (QED) is 0.911. The van der Waals surface area contributed by atoms with Crippen molar-refractivity contribution in [2.45, 2.75) is 31.8 Å². The van der Waals surface area contributed by atoms with Gasteiger partial charge in [-0.25, -0.2) is 4.79 Å². The van der Waals surface area contributed by atoms with Crippen LogP contribution in [-0.4, -0.2) is 24.3 Å². The lowest BCUT2D eigenvalue weighted by Crippen LogP contribution is -2.12. The summed E-state index contributed by atoms with van der Waals surface area (Å²) in [5.41, 5.74) is 0.105. The number of halogens is 1. The molecule has 0 aliphatic heterocycles. The standard InChI is InChI=1S/C13H15ClO4/c1-17-12-10(14)6-8(13(15)16)7-11(12)18-9-4-2-3-5-9/h6-7,9H,2-5H2,1H3,(H,15,16). The topological polar surface area (TPSA) is 55.8 Å². The van der Waals surface area contributed by atoms with Gasteiger partial charge in [0.05, 0.1) is 23.8 Å². The summed E-state index contributed by atoms with van der Waals surface area (Å²) in [5, 5.41) is 9.26. The summed E-state index contributed by atoms with van der Waals surface area (Å²) in [5.74, 6) is -0.223. The van der Waals surface area contributed by atoms with Gasteiger partial charge in [-0.1, -0.05) is 11.6 Å². The second kappa shape index (κ2) is 5.48. The maximum atomic E-state index is 11.0. The number of methoxy groups -OCH3 is 1. The van der Waals surface area contributed by atoms with Gasteiger partial charge in [0.1, 0.15) is 0 Å². The molecule has 0 bridgehead atoms. The van der Waals surface area contributed by atoms with E-state index in [0.717, 1.165) is 25.7 Å². The summed E-state index contributed by atoms with van der Waals surface area (Å²) in [6.45, 7) is 0. The van der Waals surface area contributed by atoms with Crippen molar-refractivity contribution in [2.75, 3.05) is 7.11 Å². The maximum absolute atomic E-state index is 11.0. The van der Waals surface area contributed by atoms with E-state index in [-0.39, 0.29) is 16.7 Å². The second-order valence-corrected chi connectivity index (χ2v) is 4.73. The minimum absolute atomic E-state index is 0.105. The van der Waals surface area contributed by atoms with Crippen molar-refractivity contribution in [2.24, 2.45) is 0 Å². The number of benzene rings is 1. The number of hydrogen-bond donors (Lipinski definition) is 1. The molecule has 0 amide bonds. The molecule has 2 rings (SSSR count). The van der Waals surface area contributed by atoms with Gasteiger partial charge in [-0.15, -0.1) is 0 Å². The molecule has 1 aliphatic rings. The van der Waals surface area contributed by atoms with Gasteiger partial charge >= 0.3 is 5.97 Å². The molecule has 1 N–H and O–H groups in total. The average molecular weight is 271 g/mol. The Hall–Kier alpha value is -1.42. The van der Waals surface area contributed by atoms with E-state index in [4.69, 9.17) is 26.2 Å². The molecule has 0 heterocycles. The molecule has 5 heteroatoms. The molecule has 1 aliphatic carbocycles. The molecule has 0 aromatic heterocycles. The first-order valence-corrected chi connectivity index (χ1v) is 6.27. The number of aromatic carboxylic acids is 1. The van der Waals surface area contributed by atoms with Crippen molar-refractivity contribution < 1.29 is 19.4 Å². The zero-order valence-corrected chi connectivity index (χ0v) is 10.9. The maximum Gasteiger partial charge on any atom is 0.335 e. The lowest BCUT2D eigenvalue weighted by molar-refractivity contribution is 0.0696. The second-order valence-electron chi connectivity index (χ2n) is 4.32. The van der Waals surface area contributed by atoms with E-state index >= 15 is 0 Å². The molecular weight excluding hydrogens is 256 g/mol. The first-order valence-electron chi connectivity index (χ1n) is 5.89. The van der Waals surface area contributed by atoms with Crippen LogP contribution in [0.25, 0.3) is 0 Å². The molecule has 98 valence electrons. The van der Waals surface area contributed by atoms with Crippen LogP contribution in [-0.2, 0) is 0 Å². The Bertz CT molecular complexity index is 453. The van der Waals surface area contributed by atoms with Gasteiger partial charge in [-0.05, 0) is 37.8 Å². The highest BCUT2D eigenvalue weighted by molar-refractivity contribution is 6.32. The largest absolute Gasteiger partial charge is 0.491 e. The molecule has 0 unspecified atom stereocenters. The Labute approximate surface area is 110 Å². The van der Waals surface area contributed by atoms with Gasteiger partial charge in [-0.2, -0.15) is 0 Å². The zero-order chi connectivity index (χ0) is 13.1. The normalized spacial score (nSPS) is 15.7. The fourth-order valence-corrected chi connectivity index (χ4v) is 2.45. The lowest BCUT2D eigenvalue weighted by atomic mass is 10.2. The molecule has 1 aromatic carbocycles. The van der Waals surface area contributed by atoms with Crippen LogP contribution in [0.15, 0.2) is 12.1 Å². The summed E-state index contributed by atoms with van der Waals surface area (Å²) in [4.78, 5) is 11.0. The van der Waals surface area contributed by atoms with E-state index in [2.05, 4.69) is 0 Å². The van der Waals surface area contributed by atoms with Crippen molar-refractivity contribution >= 4 is 17.6 Å². The molecule has 4 nitrogen and oxygen atoms in total. The molecule has 0 saturated heterocycles. The number of carbonyl (C=O) groups is 1. The van der Waals surface area contributed by atoms with E-state index in [0.29, 0.717) is 11.5 Å². The highest BCUT2D eigenvalue weighted by Crippen LogP contribution is 2.38. The molecule has 0 radical (unpaired) electrons. The SMILES string of the molecule is COc1c(Cl)cc(C(=O)O)cc1OC1CCCC1. The third-order valence-corrected chi connectivity index (χ3v) is 3.34. The zero-order valence-electron chi connectivity index (χ0n) is 10.1. The van der Waals surface area contributed by atoms with E-state index < -0.39 is 5.97 Å². The van der Waals surface area contributed by atoms with Gasteiger partial charge < -0.3 is 14.6 Å². The Morgan fingerprint density at radius 3 is 2.61 bits per heavy atom. The van der Waals surface area contributed by atoms with Crippen LogP contribution in [0.3, 0.4) is 0 Å². The molecule has 1 saturated carbocycles. The molecule has 18 heavy (non-hydrogen) atoms. The van der Waals surface area contributed by atoms with Crippen molar-refractivity contribution in [3.8, 4) is 11.5 Å². The number of carboxylic acid groups (broad SMARTS) is 1. The number of carboxylic acids is 1. The molecule has 0 atom stereocenters. The summed E-state index contributed by atoms with van der Waals surface area (Å²) in [6, 6.07) is 2.83. The van der Waals surface area contributed by atoms with E-state index in [1.54, 1.807) is 0 Å². The predicted molar refractivity (Wildman–Crippen MR) is 67.8 cm³/mol. The predicted octanol–water partition coefficient (Wildman–Crippen LogP) is 3.37. The van der Waals surface area contributed by atoms with Crippen molar-refractivity contribution in [3.05, 3.63) is 22.7 Å². The van der Waals surface area contributed by atoms with E-state index in [1.807, 2.05) is 0 Å².